The van der Waals surface area contributed by atoms with Gasteiger partial charge < -0.3 is 0 Å². The molecule has 1 aromatic carbocycles. The van der Waals surface area contributed by atoms with E-state index in [4.69, 9.17) is 0 Å². The molecule has 0 spiro atoms. The summed E-state index contributed by atoms with van der Waals surface area (Å²) in [6.07, 6.45) is 3.84. The summed E-state index contributed by atoms with van der Waals surface area (Å²) in [6, 6.07) is 7.37. The molecule has 1 aromatic heterocycles. The zero-order valence-corrected chi connectivity index (χ0v) is 10.5. The summed E-state index contributed by atoms with van der Waals surface area (Å²) in [4.78, 5) is 3.91. The van der Waals surface area contributed by atoms with Gasteiger partial charge in [0.15, 0.2) is 0 Å². The maximum Gasteiger partial charge on any atom is 0.129 e. The van der Waals surface area contributed by atoms with Gasteiger partial charge in [0.05, 0.1) is 0 Å². The van der Waals surface area contributed by atoms with E-state index in [1.807, 2.05) is 12.1 Å². The van der Waals surface area contributed by atoms with Crippen molar-refractivity contribution in [2.24, 2.45) is 0 Å². The van der Waals surface area contributed by atoms with Gasteiger partial charge in [-0.25, -0.2) is 8.78 Å². The van der Waals surface area contributed by atoms with E-state index < -0.39 is 11.6 Å². The van der Waals surface area contributed by atoms with Crippen LogP contribution in [-0.4, -0.2) is 4.98 Å². The third-order valence-electron chi connectivity index (χ3n) is 2.48. The van der Waals surface area contributed by atoms with Crippen molar-refractivity contribution in [3.8, 4) is 0 Å². The molecule has 0 saturated carbocycles. The van der Waals surface area contributed by atoms with E-state index >= 15 is 0 Å². The standard InChI is InChI=1S/C13H10BrF2N/c14-12(9-3-5-17-6-4-9)7-10-1-2-11(15)8-13(10)16/h1-6,8,12H,7H2. The fraction of sp³-hybridized carbons (Fsp3) is 0.154. The maximum atomic E-state index is 13.5. The van der Waals surface area contributed by atoms with Gasteiger partial charge in [-0.3, -0.25) is 4.98 Å². The lowest BCUT2D eigenvalue weighted by Crippen LogP contribution is -1.98. The molecule has 17 heavy (non-hydrogen) atoms. The van der Waals surface area contributed by atoms with Crippen LogP contribution in [0.3, 0.4) is 0 Å². The van der Waals surface area contributed by atoms with Gasteiger partial charge in [-0.15, -0.1) is 0 Å². The minimum atomic E-state index is -0.554. The molecule has 0 aliphatic carbocycles. The molecule has 0 radical (unpaired) electrons. The van der Waals surface area contributed by atoms with Gasteiger partial charge in [0.2, 0.25) is 0 Å². The first-order chi connectivity index (χ1) is 8.16. The molecule has 88 valence electrons. The third kappa shape index (κ3) is 3.09. The van der Waals surface area contributed by atoms with E-state index in [1.54, 1.807) is 12.4 Å². The van der Waals surface area contributed by atoms with Gasteiger partial charge in [0.1, 0.15) is 11.6 Å². The number of alkyl halides is 1. The maximum absolute atomic E-state index is 13.5. The molecule has 0 fully saturated rings. The van der Waals surface area contributed by atoms with Gasteiger partial charge in [-0.1, -0.05) is 22.0 Å². The zero-order chi connectivity index (χ0) is 12.3. The van der Waals surface area contributed by atoms with E-state index in [0.29, 0.717) is 12.0 Å². The molecule has 0 saturated heterocycles. The van der Waals surface area contributed by atoms with Crippen LogP contribution in [0.1, 0.15) is 16.0 Å². The SMILES string of the molecule is Fc1ccc(CC(Br)c2ccncc2)c(F)c1. The first-order valence-corrected chi connectivity index (χ1v) is 6.06. The number of halogens is 3. The summed E-state index contributed by atoms with van der Waals surface area (Å²) in [5, 5.41) is 0. The van der Waals surface area contributed by atoms with Crippen LogP contribution in [-0.2, 0) is 6.42 Å². The van der Waals surface area contributed by atoms with E-state index in [-0.39, 0.29) is 4.83 Å². The highest BCUT2D eigenvalue weighted by molar-refractivity contribution is 9.09. The van der Waals surface area contributed by atoms with Crippen LogP contribution in [0.4, 0.5) is 8.78 Å². The fourth-order valence-electron chi connectivity index (χ4n) is 1.57. The van der Waals surface area contributed by atoms with E-state index in [9.17, 15) is 8.78 Å². The second-order valence-corrected chi connectivity index (χ2v) is 4.79. The number of rotatable bonds is 3. The molecular formula is C13H10BrF2N. The molecular weight excluding hydrogens is 288 g/mol. The Morgan fingerprint density at radius 1 is 1.12 bits per heavy atom. The molecule has 0 aliphatic heterocycles. The summed E-state index contributed by atoms with van der Waals surface area (Å²) >= 11 is 3.49. The molecule has 2 aromatic rings. The van der Waals surface area contributed by atoms with Gasteiger partial charge in [0, 0.05) is 23.3 Å². The van der Waals surface area contributed by atoms with Crippen molar-refractivity contribution >= 4 is 15.9 Å². The smallest absolute Gasteiger partial charge is 0.129 e. The Bertz CT molecular complexity index is 502. The van der Waals surface area contributed by atoms with E-state index in [0.717, 1.165) is 11.6 Å². The number of hydrogen-bond acceptors (Lipinski definition) is 1. The van der Waals surface area contributed by atoms with Gasteiger partial charge in [-0.05, 0) is 35.7 Å². The second-order valence-electron chi connectivity index (χ2n) is 3.69. The van der Waals surface area contributed by atoms with Gasteiger partial charge >= 0.3 is 0 Å². The molecule has 1 nitrogen and oxygen atoms in total. The largest absolute Gasteiger partial charge is 0.265 e. The predicted molar refractivity (Wildman–Crippen MR) is 66.0 cm³/mol. The van der Waals surface area contributed by atoms with Crippen LogP contribution in [0.25, 0.3) is 0 Å². The van der Waals surface area contributed by atoms with Crippen molar-refractivity contribution in [3.63, 3.8) is 0 Å². The van der Waals surface area contributed by atoms with Crippen molar-refractivity contribution in [3.05, 3.63) is 65.5 Å². The normalized spacial score (nSPS) is 12.4. The number of benzene rings is 1. The number of pyridine rings is 1. The third-order valence-corrected chi connectivity index (χ3v) is 3.33. The molecule has 4 heteroatoms. The average Bonchev–Trinajstić information content (AvgIpc) is 2.34. The van der Waals surface area contributed by atoms with Gasteiger partial charge in [-0.2, -0.15) is 0 Å². The van der Waals surface area contributed by atoms with Crippen molar-refractivity contribution in [1.29, 1.82) is 0 Å². The Hall–Kier alpha value is -1.29. The fourth-order valence-corrected chi connectivity index (χ4v) is 2.22. The molecule has 0 amide bonds. The number of aromatic nitrogens is 1. The highest BCUT2D eigenvalue weighted by Crippen LogP contribution is 2.27. The summed E-state index contributed by atoms with van der Waals surface area (Å²) in [7, 11) is 0. The van der Waals surface area contributed by atoms with Gasteiger partial charge in [0.25, 0.3) is 0 Å². The van der Waals surface area contributed by atoms with E-state index in [1.165, 1.54) is 12.1 Å². The molecule has 0 aliphatic rings. The van der Waals surface area contributed by atoms with Crippen LogP contribution in [0.2, 0.25) is 0 Å². The first-order valence-electron chi connectivity index (χ1n) is 5.15. The quantitative estimate of drug-likeness (QED) is 0.779. The molecule has 2 rings (SSSR count). The summed E-state index contributed by atoms with van der Waals surface area (Å²) in [6.45, 7) is 0. The molecule has 1 heterocycles. The lowest BCUT2D eigenvalue weighted by Gasteiger charge is -2.10. The average molecular weight is 298 g/mol. The molecule has 0 N–H and O–H groups in total. The van der Waals surface area contributed by atoms with Crippen LogP contribution in [0.15, 0.2) is 42.7 Å². The number of hydrogen-bond donors (Lipinski definition) is 0. The lowest BCUT2D eigenvalue weighted by molar-refractivity contribution is 0.571. The zero-order valence-electron chi connectivity index (χ0n) is 8.91. The molecule has 1 unspecified atom stereocenters. The Morgan fingerprint density at radius 2 is 1.82 bits per heavy atom. The Morgan fingerprint density at radius 3 is 2.47 bits per heavy atom. The molecule has 1 atom stereocenters. The monoisotopic (exact) mass is 297 g/mol. The topological polar surface area (TPSA) is 12.9 Å². The van der Waals surface area contributed by atoms with Crippen molar-refractivity contribution in [2.75, 3.05) is 0 Å². The highest BCUT2D eigenvalue weighted by Gasteiger charge is 2.11. The van der Waals surface area contributed by atoms with Crippen LogP contribution >= 0.6 is 15.9 Å². The van der Waals surface area contributed by atoms with Crippen LogP contribution < -0.4 is 0 Å². The van der Waals surface area contributed by atoms with Crippen molar-refractivity contribution in [1.82, 2.24) is 4.98 Å². The summed E-state index contributed by atoms with van der Waals surface area (Å²) < 4.78 is 26.2. The second kappa shape index (κ2) is 5.36. The van der Waals surface area contributed by atoms with Crippen molar-refractivity contribution < 1.29 is 8.78 Å². The number of nitrogens with zero attached hydrogens (tertiary/aromatic N) is 1. The minimum Gasteiger partial charge on any atom is -0.265 e. The summed E-state index contributed by atoms with van der Waals surface area (Å²) in [5.41, 5.74) is 1.51. The minimum absolute atomic E-state index is 0.00883. The van der Waals surface area contributed by atoms with Crippen LogP contribution in [0, 0.1) is 11.6 Å². The first kappa shape index (κ1) is 12.2. The highest BCUT2D eigenvalue weighted by atomic mass is 79.9. The Kier molecular flexibility index (Phi) is 3.84. The van der Waals surface area contributed by atoms with Crippen LogP contribution in [0.5, 0.6) is 0 Å². The van der Waals surface area contributed by atoms with E-state index in [2.05, 4.69) is 20.9 Å². The Labute approximate surface area is 107 Å². The Balaban J connectivity index is 2.16. The lowest BCUT2D eigenvalue weighted by atomic mass is 10.0. The van der Waals surface area contributed by atoms with Crippen molar-refractivity contribution in [2.45, 2.75) is 11.2 Å². The predicted octanol–water partition coefficient (Wildman–Crippen LogP) is 4.04. The summed E-state index contributed by atoms with van der Waals surface area (Å²) in [5.74, 6) is -1.07. The molecule has 0 bridgehead atoms.